The number of ketones is 2. The Labute approximate surface area is 160 Å². The molecule has 144 valence electrons. The average molecular weight is 381 g/mol. The number of alkyl halides is 1. The van der Waals surface area contributed by atoms with Crippen LogP contribution in [0.15, 0.2) is 11.6 Å². The topological polar surface area (TPSA) is 74.6 Å². The van der Waals surface area contributed by atoms with Crippen molar-refractivity contribution in [3.63, 3.8) is 0 Å². The molecule has 0 aromatic rings. The largest absolute Gasteiger partial charge is 0.388 e. The second-order valence-electron chi connectivity index (χ2n) is 9.28. The van der Waals surface area contributed by atoms with Gasteiger partial charge in [0.15, 0.2) is 11.6 Å². The van der Waals surface area contributed by atoms with Gasteiger partial charge in [-0.1, -0.05) is 12.5 Å². The van der Waals surface area contributed by atoms with Gasteiger partial charge in [-0.3, -0.25) is 9.59 Å². The molecule has 0 bridgehead atoms. The molecule has 3 fully saturated rings. The zero-order chi connectivity index (χ0) is 18.7. The molecule has 2 N–H and O–H groups in total. The van der Waals surface area contributed by atoms with Crippen LogP contribution in [0.1, 0.15) is 58.3 Å². The van der Waals surface area contributed by atoms with Crippen molar-refractivity contribution in [2.75, 3.05) is 12.5 Å². The van der Waals surface area contributed by atoms with Gasteiger partial charge in [0, 0.05) is 23.1 Å². The SMILES string of the molecule is C[C@]12CC[C@H]3[C@@H](CCC4=CC(=O)CC[C@@]43CCl)[C@@H]1CC[C@]2(O)C(=O)CO. The van der Waals surface area contributed by atoms with Crippen molar-refractivity contribution in [2.45, 2.75) is 63.9 Å². The predicted octanol–water partition coefficient (Wildman–Crippen LogP) is 3.03. The van der Waals surface area contributed by atoms with Gasteiger partial charge in [0.25, 0.3) is 0 Å². The third-order valence-electron chi connectivity index (χ3n) is 8.68. The van der Waals surface area contributed by atoms with E-state index in [1.165, 1.54) is 5.57 Å². The number of aliphatic hydroxyl groups is 2. The lowest BCUT2D eigenvalue weighted by atomic mass is 9.46. The Morgan fingerprint density at radius 3 is 2.62 bits per heavy atom. The molecule has 0 spiro atoms. The van der Waals surface area contributed by atoms with E-state index in [1.54, 1.807) is 0 Å². The van der Waals surface area contributed by atoms with Crippen LogP contribution in [0.2, 0.25) is 0 Å². The predicted molar refractivity (Wildman–Crippen MR) is 98.8 cm³/mol. The lowest BCUT2D eigenvalue weighted by Gasteiger charge is -2.59. The number of halogens is 1. The minimum atomic E-state index is -1.40. The van der Waals surface area contributed by atoms with Crippen molar-refractivity contribution >= 4 is 23.2 Å². The van der Waals surface area contributed by atoms with E-state index in [-0.39, 0.29) is 17.1 Å². The molecule has 4 aliphatic carbocycles. The van der Waals surface area contributed by atoms with Crippen LogP contribution in [0, 0.1) is 28.6 Å². The number of rotatable bonds is 3. The summed E-state index contributed by atoms with van der Waals surface area (Å²) < 4.78 is 0. The standard InChI is InChI=1S/C21H29ClO4/c1-19-7-5-17-15(16(19)6-9-21(19,26)18(25)11-23)3-2-13-10-14(24)4-8-20(13,17)12-22/h10,15-17,23,26H,2-9,11-12H2,1H3/t15-,16-,17-,19-,20+,21-/m0/s1. The molecule has 4 nitrogen and oxygen atoms in total. The summed E-state index contributed by atoms with van der Waals surface area (Å²) in [5.41, 5.74) is -0.702. The number of hydrogen-bond acceptors (Lipinski definition) is 4. The Balaban J connectivity index is 1.70. The minimum absolute atomic E-state index is 0.0819. The van der Waals surface area contributed by atoms with Crippen molar-refractivity contribution in [1.82, 2.24) is 0 Å². The lowest BCUT2D eigenvalue weighted by Crippen LogP contribution is -2.58. The van der Waals surface area contributed by atoms with Gasteiger partial charge < -0.3 is 10.2 Å². The van der Waals surface area contributed by atoms with Crippen molar-refractivity contribution in [2.24, 2.45) is 28.6 Å². The summed E-state index contributed by atoms with van der Waals surface area (Å²) in [5, 5.41) is 20.6. The van der Waals surface area contributed by atoms with Gasteiger partial charge in [0.05, 0.1) is 0 Å². The Hall–Kier alpha value is -0.710. The molecular weight excluding hydrogens is 352 g/mol. The number of Topliss-reactive ketones (excluding diaryl/α,β-unsaturated/α-hetero) is 1. The Bertz CT molecular complexity index is 673. The maximum atomic E-state index is 12.4. The highest BCUT2D eigenvalue weighted by Crippen LogP contribution is 2.67. The molecule has 4 rings (SSSR count). The fourth-order valence-corrected chi connectivity index (χ4v) is 7.72. The second-order valence-corrected chi connectivity index (χ2v) is 9.54. The van der Waals surface area contributed by atoms with Crippen LogP contribution in [0.5, 0.6) is 0 Å². The van der Waals surface area contributed by atoms with E-state index in [0.717, 1.165) is 38.5 Å². The second kappa shape index (κ2) is 6.15. The molecule has 3 saturated carbocycles. The van der Waals surface area contributed by atoms with Gasteiger partial charge in [-0.15, -0.1) is 11.6 Å². The van der Waals surface area contributed by atoms with Gasteiger partial charge in [0.2, 0.25) is 0 Å². The van der Waals surface area contributed by atoms with Crippen LogP contribution in [0.4, 0.5) is 0 Å². The van der Waals surface area contributed by atoms with Gasteiger partial charge in [-0.2, -0.15) is 0 Å². The molecule has 6 atom stereocenters. The molecule has 5 heteroatoms. The molecule has 0 amide bonds. The summed E-state index contributed by atoms with van der Waals surface area (Å²) in [6, 6.07) is 0. The number of carbonyl (C=O) groups is 2. The van der Waals surface area contributed by atoms with E-state index in [0.29, 0.717) is 30.6 Å². The third-order valence-corrected chi connectivity index (χ3v) is 9.16. The van der Waals surface area contributed by atoms with Crippen LogP contribution < -0.4 is 0 Å². The smallest absolute Gasteiger partial charge is 0.190 e. The van der Waals surface area contributed by atoms with Crippen molar-refractivity contribution in [1.29, 1.82) is 0 Å². The van der Waals surface area contributed by atoms with Gasteiger partial charge in [0.1, 0.15) is 12.2 Å². The fourth-order valence-electron chi connectivity index (χ4n) is 7.22. The molecule has 0 aromatic heterocycles. The zero-order valence-electron chi connectivity index (χ0n) is 15.5. The van der Waals surface area contributed by atoms with Gasteiger partial charge >= 0.3 is 0 Å². The molecule has 0 saturated heterocycles. The number of carbonyl (C=O) groups excluding carboxylic acids is 2. The normalized spacial score (nSPS) is 47.6. The van der Waals surface area contributed by atoms with Crippen molar-refractivity contribution in [3.8, 4) is 0 Å². The van der Waals surface area contributed by atoms with E-state index in [1.807, 2.05) is 6.08 Å². The lowest BCUT2D eigenvalue weighted by molar-refractivity contribution is -0.164. The van der Waals surface area contributed by atoms with E-state index >= 15 is 0 Å². The summed E-state index contributed by atoms with van der Waals surface area (Å²) in [4.78, 5) is 24.3. The summed E-state index contributed by atoms with van der Waals surface area (Å²) in [6.45, 7) is 1.46. The van der Waals surface area contributed by atoms with Crippen LogP contribution in [-0.2, 0) is 9.59 Å². The Morgan fingerprint density at radius 2 is 1.92 bits per heavy atom. The molecule has 0 unspecified atom stereocenters. The molecule has 0 radical (unpaired) electrons. The summed E-state index contributed by atoms with van der Waals surface area (Å²) in [5.74, 6) is 1.49. The van der Waals surface area contributed by atoms with Crippen LogP contribution >= 0.6 is 11.6 Å². The highest BCUT2D eigenvalue weighted by atomic mass is 35.5. The van der Waals surface area contributed by atoms with Crippen LogP contribution in [-0.4, -0.2) is 39.9 Å². The molecule has 0 heterocycles. The third kappa shape index (κ3) is 2.21. The minimum Gasteiger partial charge on any atom is -0.388 e. The summed E-state index contributed by atoms with van der Waals surface area (Å²) >= 11 is 6.53. The first-order valence-corrected chi connectivity index (χ1v) is 10.5. The highest BCUT2D eigenvalue weighted by Gasteiger charge is 2.66. The number of allylic oxidation sites excluding steroid dienone is 1. The average Bonchev–Trinajstić information content (AvgIpc) is 2.93. The number of aliphatic hydroxyl groups excluding tert-OH is 1. The summed E-state index contributed by atoms with van der Waals surface area (Å²) in [6.07, 6.45) is 8.17. The quantitative estimate of drug-likeness (QED) is 0.738. The number of fused-ring (bicyclic) bond motifs is 5. The van der Waals surface area contributed by atoms with Crippen molar-refractivity contribution < 1.29 is 19.8 Å². The molecular formula is C21H29ClO4. The first-order chi connectivity index (χ1) is 12.3. The fraction of sp³-hybridized carbons (Fsp3) is 0.810. The molecule has 0 aliphatic heterocycles. The van der Waals surface area contributed by atoms with Gasteiger partial charge in [-0.25, -0.2) is 0 Å². The molecule has 26 heavy (non-hydrogen) atoms. The first kappa shape index (κ1) is 18.6. The maximum Gasteiger partial charge on any atom is 0.190 e. The Kier molecular flexibility index (Phi) is 4.41. The highest BCUT2D eigenvalue weighted by molar-refractivity contribution is 6.18. The first-order valence-electron chi connectivity index (χ1n) is 9.99. The van der Waals surface area contributed by atoms with Gasteiger partial charge in [-0.05, 0) is 68.8 Å². The van der Waals surface area contributed by atoms with E-state index in [4.69, 9.17) is 11.6 Å². The van der Waals surface area contributed by atoms with E-state index in [2.05, 4.69) is 6.92 Å². The molecule has 0 aromatic carbocycles. The molecule has 4 aliphatic rings. The van der Waals surface area contributed by atoms with E-state index < -0.39 is 23.4 Å². The zero-order valence-corrected chi connectivity index (χ0v) is 16.2. The van der Waals surface area contributed by atoms with Crippen LogP contribution in [0.3, 0.4) is 0 Å². The Morgan fingerprint density at radius 1 is 1.19 bits per heavy atom. The summed E-state index contributed by atoms with van der Waals surface area (Å²) in [7, 11) is 0. The maximum absolute atomic E-state index is 12.4. The monoisotopic (exact) mass is 380 g/mol. The van der Waals surface area contributed by atoms with Crippen LogP contribution in [0.25, 0.3) is 0 Å². The number of hydrogen-bond donors (Lipinski definition) is 2. The van der Waals surface area contributed by atoms with Crippen molar-refractivity contribution in [3.05, 3.63) is 11.6 Å². The van der Waals surface area contributed by atoms with E-state index in [9.17, 15) is 19.8 Å².